The highest BCUT2D eigenvalue weighted by Gasteiger charge is 2.39. The molecule has 7 nitrogen and oxygen atoms in total. The van der Waals surface area contributed by atoms with Crippen molar-refractivity contribution in [3.63, 3.8) is 0 Å². The van der Waals surface area contributed by atoms with Gasteiger partial charge in [0, 0.05) is 0 Å². The molecule has 3 aromatic rings. The Morgan fingerprint density at radius 1 is 0.949 bits per heavy atom. The van der Waals surface area contributed by atoms with Crippen molar-refractivity contribution >= 4 is 40.7 Å². The highest BCUT2D eigenvalue weighted by molar-refractivity contribution is 7.07. The number of fused-ring (bicyclic) bond motifs is 1. The number of esters is 2. The highest BCUT2D eigenvalue weighted by atomic mass is 32.1. The molecule has 1 atom stereocenters. The van der Waals surface area contributed by atoms with Gasteiger partial charge in [0.2, 0.25) is 0 Å². The molecule has 0 saturated carbocycles. The summed E-state index contributed by atoms with van der Waals surface area (Å²) in [6.07, 6.45) is 1.76. The summed E-state index contributed by atoms with van der Waals surface area (Å²) in [5.41, 5.74) is 10.2. The molecule has 204 valence electrons. The Bertz CT molecular complexity index is 1610. The van der Waals surface area contributed by atoms with Crippen molar-refractivity contribution in [1.82, 2.24) is 4.57 Å². The maximum Gasteiger partial charge on any atom is 0.338 e. The summed E-state index contributed by atoms with van der Waals surface area (Å²) in [4.78, 5) is 40.3. The van der Waals surface area contributed by atoms with Gasteiger partial charge in [-0.1, -0.05) is 76.2 Å². The van der Waals surface area contributed by atoms with Crippen molar-refractivity contribution < 1.29 is 19.1 Å². The van der Waals surface area contributed by atoms with Gasteiger partial charge in [0.25, 0.3) is 5.56 Å². The molecule has 0 fully saturated rings. The van der Waals surface area contributed by atoms with Crippen LogP contribution in [0.4, 0.5) is 0 Å². The molecule has 0 aliphatic carbocycles. The summed E-state index contributed by atoms with van der Waals surface area (Å²) in [6, 6.07) is 15.6. The van der Waals surface area contributed by atoms with Crippen LogP contribution in [0, 0.1) is 0 Å². The Morgan fingerprint density at radius 3 is 2.03 bits per heavy atom. The third-order valence-corrected chi connectivity index (χ3v) is 7.99. The number of hydrogen-bond acceptors (Lipinski definition) is 7. The van der Waals surface area contributed by atoms with Gasteiger partial charge in [0.05, 0.1) is 35.3 Å². The van der Waals surface area contributed by atoms with Gasteiger partial charge in [-0.15, -0.1) is 11.3 Å². The molecule has 0 saturated heterocycles. The zero-order valence-corrected chi connectivity index (χ0v) is 23.9. The third kappa shape index (κ3) is 5.34. The lowest BCUT2D eigenvalue weighted by Crippen LogP contribution is -2.41. The smallest absolute Gasteiger partial charge is 0.338 e. The van der Waals surface area contributed by atoms with Crippen LogP contribution in [0.5, 0.6) is 0 Å². The van der Waals surface area contributed by atoms with Crippen LogP contribution in [0.15, 0.2) is 58.9 Å². The fourth-order valence-electron chi connectivity index (χ4n) is 4.70. The fourth-order valence-corrected chi connectivity index (χ4v) is 5.86. The summed E-state index contributed by atoms with van der Waals surface area (Å²) in [5, 5.41) is 0. The lowest BCUT2D eigenvalue weighted by atomic mass is 9.82. The first kappa shape index (κ1) is 28.1. The standard InChI is InChI=1S/C31H34N2O5S/c1-7-38-31(36)25-24(22-14-12-21(13-15-22)18(4)5)26(30(35)37-6)29-33(27(25)32)28(34)23(39-29)16-19-8-10-20(11-9-19)17(2)3/h8-18,24H,7,32H2,1-6H3/b23-16-. The van der Waals surface area contributed by atoms with Crippen LogP contribution in [-0.2, 0) is 19.1 Å². The number of ether oxygens (including phenoxy) is 2. The van der Waals surface area contributed by atoms with Crippen molar-refractivity contribution in [3.8, 4) is 0 Å². The maximum absolute atomic E-state index is 13.7. The fraction of sp³-hybridized carbons (Fsp3) is 0.323. The van der Waals surface area contributed by atoms with Gasteiger partial charge in [-0.2, -0.15) is 0 Å². The van der Waals surface area contributed by atoms with Crippen LogP contribution in [0.2, 0.25) is 0 Å². The first-order valence-electron chi connectivity index (χ1n) is 13.0. The summed E-state index contributed by atoms with van der Waals surface area (Å²) in [7, 11) is 1.28. The van der Waals surface area contributed by atoms with Gasteiger partial charge in [0.15, 0.2) is 0 Å². The minimum Gasteiger partial charge on any atom is -0.466 e. The Labute approximate surface area is 231 Å². The third-order valence-electron chi connectivity index (χ3n) is 6.89. The van der Waals surface area contributed by atoms with Gasteiger partial charge in [-0.25, -0.2) is 9.59 Å². The molecule has 0 amide bonds. The molecular formula is C31H34N2O5S. The lowest BCUT2D eigenvalue weighted by molar-refractivity contribution is -0.138. The van der Waals surface area contributed by atoms with E-state index in [2.05, 4.69) is 27.7 Å². The molecule has 1 unspecified atom stereocenters. The van der Waals surface area contributed by atoms with Crippen LogP contribution >= 0.6 is 11.3 Å². The minimum absolute atomic E-state index is 0.0368. The molecule has 2 N–H and O–H groups in total. The summed E-state index contributed by atoms with van der Waals surface area (Å²) >= 11 is 1.15. The predicted octanol–water partition coefficient (Wildman–Crippen LogP) is 3.80. The topological polar surface area (TPSA) is 101 Å². The van der Waals surface area contributed by atoms with Crippen LogP contribution < -0.4 is 20.5 Å². The molecule has 4 rings (SSSR count). The van der Waals surface area contributed by atoms with E-state index in [0.29, 0.717) is 26.6 Å². The Morgan fingerprint density at radius 2 is 1.51 bits per heavy atom. The SMILES string of the molecule is CCOC(=O)C1=C(N)n2c(s/c(=C\c3ccc(C(C)C)cc3)c2=O)=C(C(=O)OC)C1c1ccc(C(C)C)cc1. The molecule has 0 spiro atoms. The number of hydrogen-bond donors (Lipinski definition) is 1. The Balaban J connectivity index is 2.04. The molecule has 0 bridgehead atoms. The summed E-state index contributed by atoms with van der Waals surface area (Å²) in [5.74, 6) is -1.57. The summed E-state index contributed by atoms with van der Waals surface area (Å²) < 4.78 is 12.5. The zero-order chi connectivity index (χ0) is 28.4. The number of carbonyl (C=O) groups is 2. The van der Waals surface area contributed by atoms with Crippen molar-refractivity contribution in [1.29, 1.82) is 0 Å². The van der Waals surface area contributed by atoms with Crippen molar-refractivity contribution in [2.24, 2.45) is 5.73 Å². The van der Waals surface area contributed by atoms with Crippen LogP contribution in [-0.4, -0.2) is 30.2 Å². The Kier molecular flexibility index (Phi) is 8.25. The average Bonchev–Trinajstić information content (AvgIpc) is 3.24. The lowest BCUT2D eigenvalue weighted by Gasteiger charge is -2.27. The van der Waals surface area contributed by atoms with Gasteiger partial charge in [-0.05, 0) is 47.1 Å². The second-order valence-corrected chi connectivity index (χ2v) is 11.1. The molecule has 2 aromatic carbocycles. The second kappa shape index (κ2) is 11.5. The number of nitrogens with two attached hydrogens (primary N) is 1. The molecule has 39 heavy (non-hydrogen) atoms. The van der Waals surface area contributed by atoms with E-state index in [1.807, 2.05) is 48.5 Å². The Hall–Kier alpha value is -3.91. The number of benzene rings is 2. The monoisotopic (exact) mass is 546 g/mol. The van der Waals surface area contributed by atoms with Gasteiger partial charge >= 0.3 is 11.9 Å². The van der Waals surface area contributed by atoms with E-state index in [4.69, 9.17) is 15.2 Å². The number of rotatable bonds is 7. The molecule has 0 radical (unpaired) electrons. The van der Waals surface area contributed by atoms with Crippen molar-refractivity contribution in [2.75, 3.05) is 13.7 Å². The minimum atomic E-state index is -0.867. The normalized spacial score (nSPS) is 15.6. The number of aromatic nitrogens is 1. The first-order chi connectivity index (χ1) is 18.6. The highest BCUT2D eigenvalue weighted by Crippen LogP contribution is 2.38. The predicted molar refractivity (Wildman–Crippen MR) is 155 cm³/mol. The number of methoxy groups -OCH3 is 1. The van der Waals surface area contributed by atoms with Crippen LogP contribution in [0.1, 0.15) is 74.6 Å². The first-order valence-corrected chi connectivity index (χ1v) is 13.8. The number of carbonyl (C=O) groups excluding carboxylic acids is 2. The van der Waals surface area contributed by atoms with Crippen molar-refractivity contribution in [2.45, 2.75) is 52.4 Å². The maximum atomic E-state index is 13.7. The molecule has 1 aliphatic rings. The summed E-state index contributed by atoms with van der Waals surface area (Å²) in [6.45, 7) is 10.2. The van der Waals surface area contributed by atoms with E-state index < -0.39 is 23.4 Å². The largest absolute Gasteiger partial charge is 0.466 e. The van der Waals surface area contributed by atoms with Crippen LogP contribution in [0.25, 0.3) is 17.5 Å². The van der Waals surface area contributed by atoms with E-state index in [1.165, 1.54) is 17.2 Å². The van der Waals surface area contributed by atoms with Crippen molar-refractivity contribution in [3.05, 3.63) is 95.9 Å². The average molecular weight is 547 g/mol. The van der Waals surface area contributed by atoms with Gasteiger partial charge in [-0.3, -0.25) is 9.36 Å². The van der Waals surface area contributed by atoms with Crippen LogP contribution in [0.3, 0.4) is 0 Å². The number of nitrogens with zero attached hydrogens (tertiary/aromatic N) is 1. The molecule has 8 heteroatoms. The van der Waals surface area contributed by atoms with E-state index in [9.17, 15) is 14.4 Å². The second-order valence-electron chi connectivity index (χ2n) is 10.1. The zero-order valence-electron chi connectivity index (χ0n) is 23.1. The van der Waals surface area contributed by atoms with E-state index >= 15 is 0 Å². The molecular weight excluding hydrogens is 512 g/mol. The van der Waals surface area contributed by atoms with Gasteiger partial charge < -0.3 is 15.2 Å². The number of thiazole rings is 1. The van der Waals surface area contributed by atoms with E-state index in [-0.39, 0.29) is 23.6 Å². The quantitative estimate of drug-likeness (QED) is 0.453. The molecule has 1 aromatic heterocycles. The molecule has 1 aliphatic heterocycles. The van der Waals surface area contributed by atoms with Gasteiger partial charge in [0.1, 0.15) is 10.5 Å². The van der Waals surface area contributed by atoms with E-state index in [1.54, 1.807) is 13.0 Å². The van der Waals surface area contributed by atoms with E-state index in [0.717, 1.165) is 22.5 Å². The molecule has 2 heterocycles.